The van der Waals surface area contributed by atoms with Gasteiger partial charge in [0.15, 0.2) is 5.65 Å². The summed E-state index contributed by atoms with van der Waals surface area (Å²) in [6.45, 7) is 2.09. The van der Waals surface area contributed by atoms with Gasteiger partial charge in [-0.1, -0.05) is 12.1 Å². The largest absolute Gasteiger partial charge is 0.356 e. The molecule has 134 valence electrons. The number of urea groups is 1. The molecule has 0 saturated carbocycles. The number of carbonyl (C=O) groups excluding carboxylic acids is 1. The second kappa shape index (κ2) is 6.58. The molecule has 2 amide bonds. The van der Waals surface area contributed by atoms with Crippen LogP contribution in [0.4, 0.5) is 15.0 Å². The summed E-state index contributed by atoms with van der Waals surface area (Å²) < 4.78 is 15.6. The number of benzene rings is 1. The Balaban J connectivity index is 1.64. The molecule has 1 aromatic carbocycles. The van der Waals surface area contributed by atoms with Crippen LogP contribution in [0.2, 0.25) is 0 Å². The minimum atomic E-state index is -0.515. The van der Waals surface area contributed by atoms with Crippen LogP contribution in [0.5, 0.6) is 0 Å². The maximum Gasteiger partial charge on any atom is 0.312 e. The topological polar surface area (TPSA) is 102 Å². The van der Waals surface area contributed by atoms with E-state index in [1.807, 2.05) is 0 Å². The van der Waals surface area contributed by atoms with Crippen molar-refractivity contribution >= 4 is 22.9 Å². The third kappa shape index (κ3) is 2.92. The predicted molar refractivity (Wildman–Crippen MR) is 94.5 cm³/mol. The van der Waals surface area contributed by atoms with Crippen molar-refractivity contribution in [3.8, 4) is 5.69 Å². The molecule has 1 saturated heterocycles. The Morgan fingerprint density at radius 1 is 1.35 bits per heavy atom. The fraction of sp³-hybridized carbons (Fsp3) is 0.294. The minimum absolute atomic E-state index is 0.300. The van der Waals surface area contributed by atoms with Crippen LogP contribution in [0.3, 0.4) is 0 Å². The molecule has 1 unspecified atom stereocenters. The van der Waals surface area contributed by atoms with Crippen LogP contribution < -0.4 is 16.0 Å². The molecule has 3 heterocycles. The SMILES string of the molecule is NC(=O)NCC1CCN(c2ncnc3c2cnn3-c2ccccc2F)C1. The first-order chi connectivity index (χ1) is 12.6. The second-order valence-electron chi connectivity index (χ2n) is 6.29. The van der Waals surface area contributed by atoms with Crippen molar-refractivity contribution < 1.29 is 9.18 Å². The van der Waals surface area contributed by atoms with Crippen molar-refractivity contribution in [1.29, 1.82) is 0 Å². The summed E-state index contributed by atoms with van der Waals surface area (Å²) in [4.78, 5) is 21.7. The quantitative estimate of drug-likeness (QED) is 0.737. The fourth-order valence-electron chi connectivity index (χ4n) is 3.32. The van der Waals surface area contributed by atoms with E-state index in [0.29, 0.717) is 23.8 Å². The van der Waals surface area contributed by atoms with Crippen LogP contribution in [0.1, 0.15) is 6.42 Å². The maximum absolute atomic E-state index is 14.1. The Morgan fingerprint density at radius 3 is 3.00 bits per heavy atom. The number of halogens is 1. The lowest BCUT2D eigenvalue weighted by atomic mass is 10.1. The highest BCUT2D eigenvalue weighted by atomic mass is 19.1. The highest BCUT2D eigenvalue weighted by Gasteiger charge is 2.26. The molecule has 1 atom stereocenters. The van der Waals surface area contributed by atoms with Crippen LogP contribution in [0.15, 0.2) is 36.8 Å². The number of anilines is 1. The number of nitrogens with zero attached hydrogens (tertiary/aromatic N) is 5. The van der Waals surface area contributed by atoms with Gasteiger partial charge in [-0.25, -0.2) is 23.8 Å². The van der Waals surface area contributed by atoms with Crippen LogP contribution in [-0.2, 0) is 0 Å². The molecule has 1 aliphatic rings. The van der Waals surface area contributed by atoms with Gasteiger partial charge in [-0.3, -0.25) is 0 Å². The maximum atomic E-state index is 14.1. The lowest BCUT2D eigenvalue weighted by molar-refractivity contribution is 0.247. The monoisotopic (exact) mass is 355 g/mol. The molecule has 4 rings (SSSR count). The molecule has 0 bridgehead atoms. The third-order valence-corrected chi connectivity index (χ3v) is 4.58. The van der Waals surface area contributed by atoms with Crippen LogP contribution in [0, 0.1) is 11.7 Å². The van der Waals surface area contributed by atoms with E-state index in [9.17, 15) is 9.18 Å². The number of rotatable bonds is 4. The molecular formula is C17H18FN7O. The zero-order valence-electron chi connectivity index (χ0n) is 14.0. The average Bonchev–Trinajstić information content (AvgIpc) is 3.27. The number of primary amides is 1. The Hall–Kier alpha value is -3.23. The molecule has 26 heavy (non-hydrogen) atoms. The molecule has 1 aliphatic heterocycles. The zero-order chi connectivity index (χ0) is 18.1. The average molecular weight is 355 g/mol. The summed E-state index contributed by atoms with van der Waals surface area (Å²) in [5.41, 5.74) is 6.03. The minimum Gasteiger partial charge on any atom is -0.356 e. The van der Waals surface area contributed by atoms with Gasteiger partial charge in [0.05, 0.1) is 11.6 Å². The number of para-hydroxylation sites is 1. The Labute approximate surface area is 148 Å². The van der Waals surface area contributed by atoms with Gasteiger partial charge >= 0.3 is 6.03 Å². The highest BCUT2D eigenvalue weighted by molar-refractivity contribution is 5.87. The van der Waals surface area contributed by atoms with E-state index in [1.165, 1.54) is 17.1 Å². The van der Waals surface area contributed by atoms with Crippen molar-refractivity contribution in [2.75, 3.05) is 24.5 Å². The Kier molecular flexibility index (Phi) is 4.11. The second-order valence-corrected chi connectivity index (χ2v) is 6.29. The van der Waals surface area contributed by atoms with E-state index in [-0.39, 0.29) is 5.82 Å². The van der Waals surface area contributed by atoms with E-state index in [1.54, 1.807) is 24.4 Å². The van der Waals surface area contributed by atoms with E-state index in [0.717, 1.165) is 30.7 Å². The first kappa shape index (κ1) is 16.2. The fourth-order valence-corrected chi connectivity index (χ4v) is 3.32. The van der Waals surface area contributed by atoms with Crippen LogP contribution >= 0.6 is 0 Å². The highest BCUT2D eigenvalue weighted by Crippen LogP contribution is 2.29. The van der Waals surface area contributed by atoms with Crippen molar-refractivity contribution in [2.45, 2.75) is 6.42 Å². The number of nitrogens with two attached hydrogens (primary N) is 1. The van der Waals surface area contributed by atoms with E-state index in [4.69, 9.17) is 5.73 Å². The van der Waals surface area contributed by atoms with Crippen molar-refractivity contribution in [3.63, 3.8) is 0 Å². The molecule has 9 heteroatoms. The number of carbonyl (C=O) groups is 1. The van der Waals surface area contributed by atoms with Gasteiger partial charge in [0.1, 0.15) is 23.6 Å². The van der Waals surface area contributed by atoms with E-state index < -0.39 is 6.03 Å². The van der Waals surface area contributed by atoms with Gasteiger partial charge in [0.2, 0.25) is 0 Å². The molecule has 3 aromatic rings. The lowest BCUT2D eigenvalue weighted by Crippen LogP contribution is -2.34. The van der Waals surface area contributed by atoms with Gasteiger partial charge in [-0.05, 0) is 24.5 Å². The predicted octanol–water partition coefficient (Wildman–Crippen LogP) is 1.45. The summed E-state index contributed by atoms with van der Waals surface area (Å²) in [7, 11) is 0. The van der Waals surface area contributed by atoms with Crippen LogP contribution in [0.25, 0.3) is 16.7 Å². The molecule has 8 nitrogen and oxygen atoms in total. The molecule has 3 N–H and O–H groups in total. The lowest BCUT2D eigenvalue weighted by Gasteiger charge is -2.18. The summed E-state index contributed by atoms with van der Waals surface area (Å²) in [6.07, 6.45) is 4.05. The first-order valence-electron chi connectivity index (χ1n) is 8.35. The number of hydrogen-bond acceptors (Lipinski definition) is 5. The summed E-state index contributed by atoms with van der Waals surface area (Å²) >= 11 is 0. The summed E-state index contributed by atoms with van der Waals surface area (Å²) in [6, 6.07) is 5.92. The number of amides is 2. The summed E-state index contributed by atoms with van der Waals surface area (Å²) in [5.74, 6) is 0.699. The van der Waals surface area contributed by atoms with Gasteiger partial charge < -0.3 is 16.0 Å². The number of aromatic nitrogens is 4. The molecule has 0 radical (unpaired) electrons. The molecule has 0 aliphatic carbocycles. The first-order valence-corrected chi connectivity index (χ1v) is 8.35. The number of hydrogen-bond donors (Lipinski definition) is 2. The Bertz CT molecular complexity index is 957. The van der Waals surface area contributed by atoms with E-state index in [2.05, 4.69) is 25.3 Å². The van der Waals surface area contributed by atoms with Gasteiger partial charge in [0.25, 0.3) is 0 Å². The van der Waals surface area contributed by atoms with E-state index >= 15 is 0 Å². The van der Waals surface area contributed by atoms with Crippen molar-refractivity contribution in [2.24, 2.45) is 11.7 Å². The van der Waals surface area contributed by atoms with Crippen molar-refractivity contribution in [3.05, 3.63) is 42.6 Å². The number of fused-ring (bicyclic) bond motifs is 1. The molecular weight excluding hydrogens is 337 g/mol. The molecule has 1 fully saturated rings. The van der Waals surface area contributed by atoms with Crippen molar-refractivity contribution in [1.82, 2.24) is 25.1 Å². The van der Waals surface area contributed by atoms with Gasteiger partial charge in [-0.15, -0.1) is 0 Å². The standard InChI is InChI=1S/C17H18FN7O/c18-13-3-1-2-4-14(13)25-16-12(8-23-25)15(21-10-22-16)24-6-5-11(9-24)7-20-17(19)26/h1-4,8,10-11H,5-7,9H2,(H3,19,20,26). The molecule has 2 aromatic heterocycles. The normalized spacial score (nSPS) is 17.0. The van der Waals surface area contributed by atoms with Gasteiger partial charge in [-0.2, -0.15) is 5.10 Å². The van der Waals surface area contributed by atoms with Crippen LogP contribution in [-0.4, -0.2) is 45.4 Å². The molecule has 0 spiro atoms. The smallest absolute Gasteiger partial charge is 0.312 e. The summed E-state index contributed by atoms with van der Waals surface area (Å²) in [5, 5.41) is 7.72. The third-order valence-electron chi connectivity index (χ3n) is 4.58. The Morgan fingerprint density at radius 2 is 2.19 bits per heavy atom. The van der Waals surface area contributed by atoms with Gasteiger partial charge in [0, 0.05) is 19.6 Å². The number of nitrogens with one attached hydrogen (secondary N) is 1. The zero-order valence-corrected chi connectivity index (χ0v) is 14.0.